The molecule has 0 bridgehead atoms. The van der Waals surface area contributed by atoms with E-state index in [4.69, 9.17) is 0 Å². The van der Waals surface area contributed by atoms with Crippen LogP contribution in [0.1, 0.15) is 46.9 Å². The summed E-state index contributed by atoms with van der Waals surface area (Å²) in [6, 6.07) is 19.9. The number of amides is 1. The smallest absolute Gasteiger partial charge is 0.222 e. The Bertz CT molecular complexity index is 1010. The zero-order valence-corrected chi connectivity index (χ0v) is 17.9. The van der Waals surface area contributed by atoms with Crippen molar-refractivity contribution in [1.82, 2.24) is 9.88 Å². The molecule has 0 atom stereocenters. The van der Waals surface area contributed by atoms with Crippen molar-refractivity contribution in [1.29, 1.82) is 0 Å². The van der Waals surface area contributed by atoms with Gasteiger partial charge >= 0.3 is 0 Å². The van der Waals surface area contributed by atoms with Gasteiger partial charge in [-0.25, -0.2) is 0 Å². The molecule has 1 heterocycles. The van der Waals surface area contributed by atoms with Crippen molar-refractivity contribution in [2.24, 2.45) is 0 Å². The van der Waals surface area contributed by atoms with Crippen LogP contribution in [0.2, 0.25) is 0 Å². The van der Waals surface area contributed by atoms with Crippen molar-refractivity contribution < 1.29 is 9.59 Å². The van der Waals surface area contributed by atoms with Crippen molar-refractivity contribution >= 4 is 11.7 Å². The van der Waals surface area contributed by atoms with E-state index in [2.05, 4.69) is 17.1 Å². The standard InChI is InChI=1S/C26H28N2O2/c1-4-26(30)28(3)18-20-7-9-22(10-8-20)23-11-13-24(14-12-23)25(29)16-15-21-6-5-17-27-19(21)2/h5-14,17H,4,15-16,18H2,1-3H3. The van der Waals surface area contributed by atoms with Crippen LogP contribution >= 0.6 is 0 Å². The molecule has 0 aliphatic heterocycles. The molecular weight excluding hydrogens is 372 g/mol. The molecule has 0 radical (unpaired) electrons. The van der Waals surface area contributed by atoms with E-state index in [1.165, 1.54) is 0 Å². The Kier molecular flexibility index (Phi) is 7.12. The molecule has 0 spiro atoms. The first kappa shape index (κ1) is 21.4. The van der Waals surface area contributed by atoms with Gasteiger partial charge in [-0.05, 0) is 41.7 Å². The monoisotopic (exact) mass is 400 g/mol. The van der Waals surface area contributed by atoms with Gasteiger partial charge in [0.15, 0.2) is 5.78 Å². The average Bonchev–Trinajstić information content (AvgIpc) is 2.78. The van der Waals surface area contributed by atoms with E-state index in [1.807, 2.05) is 69.4 Å². The van der Waals surface area contributed by atoms with Gasteiger partial charge in [-0.3, -0.25) is 14.6 Å². The van der Waals surface area contributed by atoms with E-state index < -0.39 is 0 Å². The first-order valence-corrected chi connectivity index (χ1v) is 10.3. The minimum atomic E-state index is 0.137. The summed E-state index contributed by atoms with van der Waals surface area (Å²) in [6.45, 7) is 4.45. The van der Waals surface area contributed by atoms with Crippen LogP contribution < -0.4 is 0 Å². The molecule has 2 aromatic carbocycles. The molecule has 4 heteroatoms. The Labute approximate surface area is 178 Å². The van der Waals surface area contributed by atoms with Crippen LogP contribution in [0.3, 0.4) is 0 Å². The number of rotatable bonds is 8. The van der Waals surface area contributed by atoms with Crippen LogP contribution in [0, 0.1) is 6.92 Å². The van der Waals surface area contributed by atoms with Crippen molar-refractivity contribution in [3.05, 3.63) is 89.2 Å². The maximum Gasteiger partial charge on any atom is 0.222 e. The molecule has 0 unspecified atom stereocenters. The number of Topliss-reactive ketones (excluding diaryl/α,β-unsaturated/α-hetero) is 1. The molecule has 3 rings (SSSR count). The lowest BCUT2D eigenvalue weighted by Gasteiger charge is -2.16. The number of hydrogen-bond donors (Lipinski definition) is 0. The van der Waals surface area contributed by atoms with E-state index in [9.17, 15) is 9.59 Å². The number of pyridine rings is 1. The van der Waals surface area contributed by atoms with Crippen LogP contribution in [0.5, 0.6) is 0 Å². The lowest BCUT2D eigenvalue weighted by Crippen LogP contribution is -2.25. The van der Waals surface area contributed by atoms with Gasteiger partial charge < -0.3 is 4.90 Å². The van der Waals surface area contributed by atoms with Gasteiger partial charge in [0, 0.05) is 43.9 Å². The molecular formula is C26H28N2O2. The van der Waals surface area contributed by atoms with Crippen molar-refractivity contribution in [2.45, 2.75) is 39.7 Å². The van der Waals surface area contributed by atoms with Crippen LogP contribution in [0.25, 0.3) is 11.1 Å². The average molecular weight is 401 g/mol. The zero-order valence-electron chi connectivity index (χ0n) is 17.9. The number of hydrogen-bond acceptors (Lipinski definition) is 3. The molecule has 4 nitrogen and oxygen atoms in total. The van der Waals surface area contributed by atoms with E-state index in [0.29, 0.717) is 25.8 Å². The second-order valence-corrected chi connectivity index (χ2v) is 7.55. The van der Waals surface area contributed by atoms with Gasteiger partial charge in [-0.2, -0.15) is 0 Å². The fourth-order valence-corrected chi connectivity index (χ4v) is 3.46. The number of benzene rings is 2. The minimum Gasteiger partial charge on any atom is -0.341 e. The topological polar surface area (TPSA) is 50.3 Å². The highest BCUT2D eigenvalue weighted by Gasteiger charge is 2.09. The summed E-state index contributed by atoms with van der Waals surface area (Å²) in [7, 11) is 1.82. The summed E-state index contributed by atoms with van der Waals surface area (Å²) in [5, 5.41) is 0. The van der Waals surface area contributed by atoms with Crippen molar-refractivity contribution in [2.75, 3.05) is 7.05 Å². The van der Waals surface area contributed by atoms with Gasteiger partial charge in [-0.1, -0.05) is 61.5 Å². The number of nitrogens with zero attached hydrogens (tertiary/aromatic N) is 2. The number of carbonyl (C=O) groups is 2. The third-order valence-corrected chi connectivity index (χ3v) is 5.38. The zero-order chi connectivity index (χ0) is 21.5. The maximum absolute atomic E-state index is 12.6. The molecule has 0 aliphatic carbocycles. The number of ketones is 1. The van der Waals surface area contributed by atoms with Gasteiger partial charge in [0.2, 0.25) is 5.91 Å². The summed E-state index contributed by atoms with van der Waals surface area (Å²) in [5.74, 6) is 0.279. The highest BCUT2D eigenvalue weighted by atomic mass is 16.2. The van der Waals surface area contributed by atoms with E-state index >= 15 is 0 Å². The normalized spacial score (nSPS) is 10.6. The molecule has 3 aromatic rings. The molecule has 0 fully saturated rings. The Balaban J connectivity index is 1.61. The van der Waals surface area contributed by atoms with Gasteiger partial charge in [0.25, 0.3) is 0 Å². The second kappa shape index (κ2) is 9.97. The lowest BCUT2D eigenvalue weighted by atomic mass is 9.98. The molecule has 0 saturated carbocycles. The molecule has 0 aliphatic rings. The molecule has 0 saturated heterocycles. The predicted molar refractivity (Wildman–Crippen MR) is 120 cm³/mol. The minimum absolute atomic E-state index is 0.137. The largest absolute Gasteiger partial charge is 0.341 e. The summed E-state index contributed by atoms with van der Waals surface area (Å²) in [6.07, 6.45) is 3.47. The third-order valence-electron chi connectivity index (χ3n) is 5.38. The highest BCUT2D eigenvalue weighted by molar-refractivity contribution is 5.96. The van der Waals surface area contributed by atoms with E-state index in [-0.39, 0.29) is 11.7 Å². The highest BCUT2D eigenvalue weighted by Crippen LogP contribution is 2.22. The van der Waals surface area contributed by atoms with Crippen LogP contribution in [0.4, 0.5) is 0 Å². The summed E-state index contributed by atoms with van der Waals surface area (Å²) < 4.78 is 0. The van der Waals surface area contributed by atoms with Crippen LogP contribution in [0.15, 0.2) is 66.9 Å². The van der Waals surface area contributed by atoms with Gasteiger partial charge in [0.1, 0.15) is 0 Å². The molecule has 0 N–H and O–H groups in total. The molecule has 1 amide bonds. The fraction of sp³-hybridized carbons (Fsp3) is 0.269. The summed E-state index contributed by atoms with van der Waals surface area (Å²) in [5.41, 5.74) is 6.09. The summed E-state index contributed by atoms with van der Waals surface area (Å²) >= 11 is 0. The predicted octanol–water partition coefficient (Wildman–Crippen LogP) is 5.24. The number of carbonyl (C=O) groups excluding carboxylic acids is 2. The quantitative estimate of drug-likeness (QED) is 0.486. The Morgan fingerprint density at radius 2 is 1.57 bits per heavy atom. The van der Waals surface area contributed by atoms with E-state index in [1.54, 1.807) is 11.1 Å². The van der Waals surface area contributed by atoms with Crippen molar-refractivity contribution in [3.8, 4) is 11.1 Å². The van der Waals surface area contributed by atoms with E-state index in [0.717, 1.165) is 33.5 Å². The second-order valence-electron chi connectivity index (χ2n) is 7.55. The van der Waals surface area contributed by atoms with Gasteiger partial charge in [0.05, 0.1) is 0 Å². The molecule has 154 valence electrons. The fourth-order valence-electron chi connectivity index (χ4n) is 3.46. The van der Waals surface area contributed by atoms with Gasteiger partial charge in [-0.15, -0.1) is 0 Å². The Hall–Kier alpha value is -3.27. The maximum atomic E-state index is 12.6. The SMILES string of the molecule is CCC(=O)N(C)Cc1ccc(-c2ccc(C(=O)CCc3cccnc3C)cc2)cc1. The first-order valence-electron chi connectivity index (χ1n) is 10.3. The number of aryl methyl sites for hydroxylation is 2. The lowest BCUT2D eigenvalue weighted by molar-refractivity contribution is -0.130. The molecule has 1 aromatic heterocycles. The molecule has 30 heavy (non-hydrogen) atoms. The number of aromatic nitrogens is 1. The Morgan fingerprint density at radius 1 is 0.933 bits per heavy atom. The first-order chi connectivity index (χ1) is 14.5. The Morgan fingerprint density at radius 3 is 2.17 bits per heavy atom. The van der Waals surface area contributed by atoms with Crippen LogP contribution in [-0.2, 0) is 17.8 Å². The summed E-state index contributed by atoms with van der Waals surface area (Å²) in [4.78, 5) is 30.3. The third kappa shape index (κ3) is 5.41. The van der Waals surface area contributed by atoms with Crippen molar-refractivity contribution in [3.63, 3.8) is 0 Å². The van der Waals surface area contributed by atoms with Crippen LogP contribution in [-0.4, -0.2) is 28.6 Å².